The average Bonchev–Trinajstić information content (AvgIpc) is 2.75. The lowest BCUT2D eigenvalue weighted by Gasteiger charge is -2.33. The topological polar surface area (TPSA) is 105 Å². The molecule has 9 nitrogen and oxygen atoms in total. The second kappa shape index (κ2) is 9.48. The molecule has 0 bridgehead atoms. The van der Waals surface area contributed by atoms with Crippen LogP contribution in [0.25, 0.3) is 0 Å². The Labute approximate surface area is 172 Å². The summed E-state index contributed by atoms with van der Waals surface area (Å²) in [5.41, 5.74) is 1.68. The van der Waals surface area contributed by atoms with Gasteiger partial charge in [0.2, 0.25) is 12.2 Å². The Bertz CT molecular complexity index is 890. The van der Waals surface area contributed by atoms with Crippen LogP contribution in [0.2, 0.25) is 0 Å². The standard InChI is InChI=1S/C19H21N3O6S/c1-25-16-7-5-13(10-20-16)18-19(26-2)28-15-8-12(4-6-14(15)27-18)9-21-17(29-3)11-22(23)24/h4-8,10-11,18-19,21H,9H2,1-3H3/b17-11+. The molecule has 10 heteroatoms. The molecule has 0 saturated carbocycles. The smallest absolute Gasteiger partial charge is 0.263 e. The second-order valence-electron chi connectivity index (χ2n) is 6.01. The Morgan fingerprint density at radius 1 is 1.31 bits per heavy atom. The van der Waals surface area contributed by atoms with Crippen LogP contribution < -0.4 is 19.5 Å². The molecule has 0 aliphatic carbocycles. The molecule has 0 radical (unpaired) electrons. The Kier molecular flexibility index (Phi) is 6.78. The molecule has 1 aromatic carbocycles. The normalized spacial score (nSPS) is 18.2. The van der Waals surface area contributed by atoms with Crippen molar-refractivity contribution in [2.24, 2.45) is 0 Å². The Balaban J connectivity index is 1.75. The van der Waals surface area contributed by atoms with Gasteiger partial charge in [0, 0.05) is 31.5 Å². The minimum Gasteiger partial charge on any atom is -0.481 e. The maximum absolute atomic E-state index is 10.6. The van der Waals surface area contributed by atoms with Crippen molar-refractivity contribution in [3.63, 3.8) is 0 Å². The van der Waals surface area contributed by atoms with E-state index in [0.717, 1.165) is 17.3 Å². The van der Waals surface area contributed by atoms with Crippen LogP contribution >= 0.6 is 11.8 Å². The van der Waals surface area contributed by atoms with Crippen molar-refractivity contribution in [1.82, 2.24) is 10.3 Å². The van der Waals surface area contributed by atoms with E-state index in [4.69, 9.17) is 18.9 Å². The quantitative estimate of drug-likeness (QED) is 0.510. The van der Waals surface area contributed by atoms with E-state index in [-0.39, 0.29) is 0 Å². The van der Waals surface area contributed by atoms with Crippen LogP contribution in [-0.2, 0) is 11.3 Å². The highest BCUT2D eigenvalue weighted by Crippen LogP contribution is 2.40. The molecular formula is C19H21N3O6S. The molecular weight excluding hydrogens is 398 g/mol. The lowest BCUT2D eigenvalue weighted by atomic mass is 10.1. The van der Waals surface area contributed by atoms with Crippen LogP contribution in [0.15, 0.2) is 47.8 Å². The number of thioether (sulfide) groups is 1. The first kappa shape index (κ1) is 20.7. The highest BCUT2D eigenvalue weighted by atomic mass is 32.2. The zero-order chi connectivity index (χ0) is 20.8. The van der Waals surface area contributed by atoms with E-state index in [0.29, 0.717) is 29.0 Å². The third-order valence-electron chi connectivity index (χ3n) is 4.19. The first-order valence-corrected chi connectivity index (χ1v) is 9.88. The minimum atomic E-state index is -0.656. The van der Waals surface area contributed by atoms with Crippen LogP contribution in [-0.4, -0.2) is 36.7 Å². The summed E-state index contributed by atoms with van der Waals surface area (Å²) in [5, 5.41) is 14.1. The van der Waals surface area contributed by atoms with Gasteiger partial charge < -0.3 is 24.3 Å². The fraction of sp³-hybridized carbons (Fsp3) is 0.316. The number of hydrogen-bond acceptors (Lipinski definition) is 9. The first-order chi connectivity index (χ1) is 14.0. The van der Waals surface area contributed by atoms with Crippen LogP contribution in [0.5, 0.6) is 17.4 Å². The van der Waals surface area contributed by atoms with Crippen LogP contribution in [0, 0.1) is 10.1 Å². The molecule has 2 atom stereocenters. The number of nitrogens with zero attached hydrogens (tertiary/aromatic N) is 2. The minimum absolute atomic E-state index is 0.403. The molecule has 1 N–H and O–H groups in total. The number of fused-ring (bicyclic) bond motifs is 1. The molecule has 0 amide bonds. The van der Waals surface area contributed by atoms with Crippen molar-refractivity contribution in [3.8, 4) is 17.4 Å². The van der Waals surface area contributed by atoms with E-state index in [9.17, 15) is 10.1 Å². The summed E-state index contributed by atoms with van der Waals surface area (Å²) < 4.78 is 22.6. The molecule has 2 unspecified atom stereocenters. The van der Waals surface area contributed by atoms with E-state index in [1.165, 1.54) is 11.8 Å². The third kappa shape index (κ3) is 5.09. The summed E-state index contributed by atoms with van der Waals surface area (Å²) in [6, 6.07) is 9.09. The van der Waals surface area contributed by atoms with Gasteiger partial charge >= 0.3 is 0 Å². The first-order valence-electron chi connectivity index (χ1n) is 8.66. The largest absolute Gasteiger partial charge is 0.481 e. The van der Waals surface area contributed by atoms with Crippen molar-refractivity contribution in [2.45, 2.75) is 18.9 Å². The van der Waals surface area contributed by atoms with Gasteiger partial charge in [-0.3, -0.25) is 10.1 Å². The zero-order valence-corrected chi connectivity index (χ0v) is 17.0. The molecule has 0 spiro atoms. The Morgan fingerprint density at radius 3 is 2.76 bits per heavy atom. The number of ether oxygens (including phenoxy) is 4. The number of methoxy groups -OCH3 is 2. The molecule has 2 aromatic rings. The lowest BCUT2D eigenvalue weighted by Crippen LogP contribution is -2.34. The van der Waals surface area contributed by atoms with E-state index in [1.807, 2.05) is 18.2 Å². The van der Waals surface area contributed by atoms with Crippen molar-refractivity contribution in [2.75, 3.05) is 20.5 Å². The highest BCUT2D eigenvalue weighted by molar-refractivity contribution is 8.02. The monoisotopic (exact) mass is 419 g/mol. The second-order valence-corrected chi connectivity index (χ2v) is 6.86. The molecule has 3 rings (SSSR count). The van der Waals surface area contributed by atoms with E-state index in [2.05, 4.69) is 10.3 Å². The fourth-order valence-corrected chi connectivity index (χ4v) is 3.17. The predicted molar refractivity (Wildman–Crippen MR) is 107 cm³/mol. The maximum atomic E-state index is 10.6. The van der Waals surface area contributed by atoms with Crippen LogP contribution in [0.3, 0.4) is 0 Å². The van der Waals surface area contributed by atoms with Gasteiger partial charge in [0.15, 0.2) is 17.6 Å². The van der Waals surface area contributed by atoms with Gasteiger partial charge in [0.05, 0.1) is 12.0 Å². The highest BCUT2D eigenvalue weighted by Gasteiger charge is 2.33. The summed E-state index contributed by atoms with van der Waals surface area (Å²) in [7, 11) is 3.10. The van der Waals surface area contributed by atoms with Crippen molar-refractivity contribution < 1.29 is 23.9 Å². The summed E-state index contributed by atoms with van der Waals surface area (Å²) in [4.78, 5) is 14.4. The molecule has 29 heavy (non-hydrogen) atoms. The number of nitrogens with one attached hydrogen (secondary N) is 1. The molecule has 0 fully saturated rings. The Hall–Kier alpha value is -2.98. The predicted octanol–water partition coefficient (Wildman–Crippen LogP) is 3.10. The number of benzene rings is 1. The molecule has 2 heterocycles. The average molecular weight is 419 g/mol. The number of pyridine rings is 1. The SMILES string of the molecule is COc1ccc(C2Oc3ccc(CN/C(=C\[N+](=O)[O-])SC)cc3OC2OC)cn1. The maximum Gasteiger partial charge on any atom is 0.263 e. The Morgan fingerprint density at radius 2 is 2.14 bits per heavy atom. The van der Waals surface area contributed by atoms with Crippen LogP contribution in [0.1, 0.15) is 17.2 Å². The van der Waals surface area contributed by atoms with Gasteiger partial charge in [0.25, 0.3) is 6.20 Å². The van der Waals surface area contributed by atoms with E-state index < -0.39 is 17.3 Å². The van der Waals surface area contributed by atoms with Gasteiger partial charge in [-0.25, -0.2) is 4.98 Å². The number of hydrogen-bond donors (Lipinski definition) is 1. The number of aromatic nitrogens is 1. The summed E-state index contributed by atoms with van der Waals surface area (Å²) in [6.07, 6.45) is 3.23. The molecule has 1 aliphatic rings. The molecule has 154 valence electrons. The molecule has 0 saturated heterocycles. The lowest BCUT2D eigenvalue weighted by molar-refractivity contribution is -0.403. The summed E-state index contributed by atoms with van der Waals surface area (Å²) in [6.45, 7) is 0.403. The third-order valence-corrected chi connectivity index (χ3v) is 4.88. The van der Waals surface area contributed by atoms with Gasteiger partial charge in [-0.15, -0.1) is 11.8 Å². The summed E-state index contributed by atoms with van der Waals surface area (Å²) >= 11 is 1.27. The fourth-order valence-electron chi connectivity index (χ4n) is 2.76. The van der Waals surface area contributed by atoms with Crippen LogP contribution in [0.4, 0.5) is 0 Å². The number of nitro groups is 1. The van der Waals surface area contributed by atoms with E-state index in [1.54, 1.807) is 38.8 Å². The summed E-state index contributed by atoms with van der Waals surface area (Å²) in [5.74, 6) is 1.62. The number of rotatable bonds is 8. The van der Waals surface area contributed by atoms with Gasteiger partial charge in [-0.1, -0.05) is 6.07 Å². The molecule has 1 aliphatic heterocycles. The van der Waals surface area contributed by atoms with Gasteiger partial charge in [-0.05, 0) is 30.0 Å². The van der Waals surface area contributed by atoms with Crippen molar-refractivity contribution in [1.29, 1.82) is 0 Å². The molecule has 1 aromatic heterocycles. The van der Waals surface area contributed by atoms with Crippen molar-refractivity contribution in [3.05, 3.63) is 69.0 Å². The van der Waals surface area contributed by atoms with Gasteiger partial charge in [0.1, 0.15) is 5.03 Å². The van der Waals surface area contributed by atoms with Crippen molar-refractivity contribution >= 4 is 11.8 Å². The zero-order valence-electron chi connectivity index (χ0n) is 16.2. The van der Waals surface area contributed by atoms with Gasteiger partial charge in [-0.2, -0.15) is 0 Å². The van der Waals surface area contributed by atoms with E-state index >= 15 is 0 Å².